The molecule has 4 bridgehead atoms. The fourth-order valence-corrected chi connectivity index (χ4v) is 16.6. The van der Waals surface area contributed by atoms with Crippen molar-refractivity contribution < 1.29 is 43.0 Å². The number of pyridine rings is 1. The summed E-state index contributed by atoms with van der Waals surface area (Å²) in [4.78, 5) is 76.8. The lowest BCUT2D eigenvalue weighted by atomic mass is 9.39. The molecule has 4 saturated carbocycles. The number of para-hydroxylation sites is 1. The molecule has 11 rings (SSSR count). The van der Waals surface area contributed by atoms with E-state index in [1.165, 1.54) is 0 Å². The van der Waals surface area contributed by atoms with Gasteiger partial charge in [-0.25, -0.2) is 24.4 Å². The summed E-state index contributed by atoms with van der Waals surface area (Å²) in [5, 5.41) is 43.6. The average Bonchev–Trinajstić information content (AvgIpc) is 0.847. The van der Waals surface area contributed by atoms with Gasteiger partial charge in [0.2, 0.25) is 11.8 Å². The van der Waals surface area contributed by atoms with Gasteiger partial charge >= 0.3 is 18.1 Å². The maximum atomic E-state index is 14.1. The summed E-state index contributed by atoms with van der Waals surface area (Å²) in [5.41, 5.74) is 12.0. The number of quaternary nitrogens is 1. The highest BCUT2D eigenvalue weighted by Gasteiger charge is 2.66. The molecule has 5 aliphatic rings. The van der Waals surface area contributed by atoms with Gasteiger partial charge in [-0.05, 0) is 170 Å². The van der Waals surface area contributed by atoms with E-state index in [0.29, 0.717) is 72.4 Å². The summed E-state index contributed by atoms with van der Waals surface area (Å²) >= 11 is 1.56. The van der Waals surface area contributed by atoms with Crippen LogP contribution in [0.25, 0.3) is 21.3 Å². The van der Waals surface area contributed by atoms with Crippen LogP contribution in [0.2, 0.25) is 0 Å². The molecule has 4 aliphatic carbocycles. The van der Waals surface area contributed by atoms with Gasteiger partial charge in [0.1, 0.15) is 36.6 Å². The number of thiazole rings is 1. The predicted molar refractivity (Wildman–Crippen MR) is 352 cm³/mol. The fraction of sp³-hybridized carbons (Fsp3) is 0.552. The number of anilines is 5. The molecule has 24 heteroatoms. The van der Waals surface area contributed by atoms with Crippen LogP contribution in [0.5, 0.6) is 0 Å². The number of nitrogens with one attached hydrogen (secondary N) is 6. The molecule has 91 heavy (non-hydrogen) atoms. The number of carbonyl (C=O) groups excluding carboxylic acids is 4. The van der Waals surface area contributed by atoms with Crippen LogP contribution in [0.4, 0.5) is 37.9 Å². The standard InChI is InChI=1S/C67H91N15O8S/c1-40(2)53(76-62(88)90-63(5,6)7)58(84)73-50(19-15-25-70-60(68)87)57(83)72-45-22-21-43(44(29-45)30-69-10)32-82(11,12)27-28-89-67-36-64(8)33-65(9,37-67)35-66(34-64,38-67)39-81-42(4)48(31-71-81)47-23-24-52(75-54(47)59(85)86)80-26-16-17-46-41(3)55(78-79-56(46)80)77-61-74-49-18-13-14-20-51(49)91-61/h13-14,18,20-24,29,31,40,50,53,69H,15-17,19,25-28,30,32-39H2,1-12H3,(H7-,68,70,72,73,74,76,77,78,83,84,85,86,87,88)/p+1/t50-,53-,64-,65+,66+,67-/m0/s1. The number of aromatic nitrogens is 6. The van der Waals surface area contributed by atoms with E-state index in [0.717, 1.165) is 107 Å². The molecule has 0 unspecified atom stereocenters. The number of aromatic carboxylic acids is 1. The maximum Gasteiger partial charge on any atom is 0.408 e. The van der Waals surface area contributed by atoms with Crippen molar-refractivity contribution in [2.45, 2.75) is 169 Å². The van der Waals surface area contributed by atoms with Gasteiger partial charge in [0.15, 0.2) is 22.5 Å². The van der Waals surface area contributed by atoms with Crippen LogP contribution in [0.15, 0.2) is 60.8 Å². The molecule has 6 atom stereocenters. The molecule has 0 spiro atoms. The SMILES string of the molecule is CNCc1cc(NC(=O)[C@H](CCCNC(N)=O)NC(=O)[C@@H](NC(=O)OC(C)(C)C)C(C)C)ccc1C[N+](C)(C)CCO[C@]12C[C@@]3(C)C[C@](C)(C[C@](Cn4ncc(-c5ccc(N6CCCc7c6nnc(Nc6nc8ccccc8s6)c7C)nc5C(=O)O)c4C)(C3)C1)C2. The van der Waals surface area contributed by atoms with Gasteiger partial charge in [-0.1, -0.05) is 57.2 Å². The number of urea groups is 1. The van der Waals surface area contributed by atoms with E-state index in [9.17, 15) is 29.1 Å². The minimum absolute atomic E-state index is 0.0415. The zero-order valence-electron chi connectivity index (χ0n) is 54.9. The van der Waals surface area contributed by atoms with Crippen LogP contribution < -0.4 is 42.5 Å². The van der Waals surface area contributed by atoms with Crippen LogP contribution in [-0.4, -0.2) is 140 Å². The molecular formula is C67H92N15O8S+. The van der Waals surface area contributed by atoms with E-state index in [1.807, 2.05) is 80.4 Å². The highest BCUT2D eigenvalue weighted by Crippen LogP contribution is 2.72. The third-order valence-electron chi connectivity index (χ3n) is 18.6. The molecule has 4 aromatic heterocycles. The number of carboxylic acids is 1. The van der Waals surface area contributed by atoms with Crippen molar-refractivity contribution in [3.63, 3.8) is 0 Å². The van der Waals surface area contributed by atoms with Gasteiger partial charge in [-0.3, -0.25) is 14.3 Å². The van der Waals surface area contributed by atoms with Crippen LogP contribution in [0.3, 0.4) is 0 Å². The number of nitrogens with two attached hydrogens (primary N) is 1. The molecular weight excluding hydrogens is 1170 g/mol. The number of carboxylic acid groups (broad SMARTS) is 1. The van der Waals surface area contributed by atoms with Crippen LogP contribution >= 0.6 is 11.3 Å². The number of benzene rings is 2. The number of fused-ring (bicyclic) bond motifs is 2. The van der Waals surface area contributed by atoms with Crippen molar-refractivity contribution in [1.29, 1.82) is 0 Å². The predicted octanol–water partition coefficient (Wildman–Crippen LogP) is 10.0. The van der Waals surface area contributed by atoms with Gasteiger partial charge in [-0.2, -0.15) is 5.10 Å². The Balaban J connectivity index is 0.797. The Labute approximate surface area is 537 Å². The van der Waals surface area contributed by atoms with Crippen LogP contribution in [0.1, 0.15) is 145 Å². The van der Waals surface area contributed by atoms with E-state index < -0.39 is 47.6 Å². The fourth-order valence-electron chi connectivity index (χ4n) is 15.8. The minimum atomic E-state index is -1.12. The first kappa shape index (κ1) is 66.1. The first-order chi connectivity index (χ1) is 42.9. The van der Waals surface area contributed by atoms with Crippen molar-refractivity contribution in [2.24, 2.45) is 27.9 Å². The van der Waals surface area contributed by atoms with E-state index >= 15 is 0 Å². The van der Waals surface area contributed by atoms with E-state index in [-0.39, 0.29) is 46.4 Å². The highest BCUT2D eigenvalue weighted by atomic mass is 32.1. The van der Waals surface area contributed by atoms with Crippen molar-refractivity contribution >= 4 is 79.7 Å². The Morgan fingerprint density at radius 2 is 1.64 bits per heavy atom. The quantitative estimate of drug-likeness (QED) is 0.0195. The monoisotopic (exact) mass is 1270 g/mol. The second kappa shape index (κ2) is 26.1. The molecule has 1 aliphatic heterocycles. The third kappa shape index (κ3) is 15.2. The number of carbonyl (C=O) groups is 5. The molecule has 6 aromatic rings. The summed E-state index contributed by atoms with van der Waals surface area (Å²) in [6.45, 7) is 21.8. The average molecular weight is 1270 g/mol. The molecule has 5 heterocycles. The van der Waals surface area contributed by atoms with Gasteiger partial charge < -0.3 is 61.6 Å². The number of ether oxygens (including phenoxy) is 2. The molecule has 9 N–H and O–H groups in total. The van der Waals surface area contributed by atoms with Crippen molar-refractivity contribution in [3.8, 4) is 11.1 Å². The number of hydrogen-bond acceptors (Lipinski definition) is 16. The minimum Gasteiger partial charge on any atom is -0.476 e. The van der Waals surface area contributed by atoms with E-state index in [2.05, 4.69) is 69.6 Å². The second-order valence-electron chi connectivity index (χ2n) is 28.9. The lowest BCUT2D eigenvalue weighted by Gasteiger charge is -2.69. The topological polar surface area (TPSA) is 295 Å². The molecule has 23 nitrogen and oxygen atoms in total. The Hall–Kier alpha value is -7.80. The van der Waals surface area contributed by atoms with Gasteiger partial charge in [0, 0.05) is 65.4 Å². The third-order valence-corrected chi connectivity index (χ3v) is 19.5. The first-order valence-corrected chi connectivity index (χ1v) is 32.7. The number of amides is 5. The molecule has 5 amide bonds. The molecule has 0 radical (unpaired) electrons. The summed E-state index contributed by atoms with van der Waals surface area (Å²) < 4.78 is 16.6. The number of alkyl carbamates (subject to hydrolysis) is 1. The van der Waals surface area contributed by atoms with E-state index in [4.69, 9.17) is 35.4 Å². The Morgan fingerprint density at radius 1 is 0.890 bits per heavy atom. The molecule has 4 fully saturated rings. The molecule has 0 saturated heterocycles. The zero-order chi connectivity index (χ0) is 65.4. The summed E-state index contributed by atoms with van der Waals surface area (Å²) in [7, 11) is 6.32. The number of hydrogen-bond donors (Lipinski definition) is 8. The van der Waals surface area contributed by atoms with E-state index in [1.54, 1.807) is 52.2 Å². The summed E-state index contributed by atoms with van der Waals surface area (Å²) in [6.07, 6.45) is 9.40. The summed E-state index contributed by atoms with van der Waals surface area (Å²) in [5.74, 6) is -0.625. The van der Waals surface area contributed by atoms with Crippen molar-refractivity contribution in [2.75, 3.05) is 62.9 Å². The highest BCUT2D eigenvalue weighted by molar-refractivity contribution is 7.22. The van der Waals surface area contributed by atoms with Crippen LogP contribution in [0, 0.1) is 36.0 Å². The zero-order valence-corrected chi connectivity index (χ0v) is 55.7. The number of likely N-dealkylation sites (N-methyl/N-ethyl adjacent to an activating group) is 1. The summed E-state index contributed by atoms with van der Waals surface area (Å²) in [6, 6.07) is 14.9. The van der Waals surface area contributed by atoms with Crippen LogP contribution in [-0.2, 0) is 45.1 Å². The lowest BCUT2D eigenvalue weighted by molar-refractivity contribution is -0.904. The smallest absolute Gasteiger partial charge is 0.408 e. The Bertz CT molecular complexity index is 3670. The van der Waals surface area contributed by atoms with Gasteiger partial charge in [-0.15, -0.1) is 10.2 Å². The molecule has 488 valence electrons. The molecule has 2 aromatic carbocycles. The number of rotatable bonds is 25. The first-order valence-electron chi connectivity index (χ1n) is 31.9. The van der Waals surface area contributed by atoms with Crippen molar-refractivity contribution in [3.05, 3.63) is 94.4 Å². The second-order valence-corrected chi connectivity index (χ2v) is 29.9. The largest absolute Gasteiger partial charge is 0.476 e. The van der Waals surface area contributed by atoms with Crippen molar-refractivity contribution in [1.82, 2.24) is 51.2 Å². The number of primary amides is 1. The Kier molecular flexibility index (Phi) is 18.9. The lowest BCUT2D eigenvalue weighted by Crippen LogP contribution is -2.64. The van der Waals surface area contributed by atoms with Gasteiger partial charge in [0.25, 0.3) is 0 Å². The Morgan fingerprint density at radius 3 is 2.33 bits per heavy atom. The van der Waals surface area contributed by atoms with Gasteiger partial charge in [0.05, 0.1) is 42.7 Å². The normalized spacial score (nSPS) is 21.7. The number of nitrogens with zero attached hydrogens (tertiary/aromatic N) is 8. The maximum absolute atomic E-state index is 14.1.